The number of imidazole rings is 1. The van der Waals surface area contributed by atoms with E-state index >= 15 is 4.39 Å². The van der Waals surface area contributed by atoms with Crippen LogP contribution in [0, 0.1) is 11.6 Å². The van der Waals surface area contributed by atoms with Crippen LogP contribution in [0.5, 0.6) is 5.75 Å². The molecule has 0 spiro atoms. The SMILES string of the molecule is COc1cc(F)c(-c2cc(Cn3cnc4c(NCP(=O)(O)OC5CCC5)ncnc43)c(N3CCC[C@](N)([C@H](O)C(F)F)C3)cn2)cc1F. The molecule has 0 bridgehead atoms. The molecule has 0 amide bonds. The van der Waals surface area contributed by atoms with Gasteiger partial charge in [-0.3, -0.25) is 9.55 Å². The Morgan fingerprint density at radius 1 is 1.15 bits per heavy atom. The molecule has 1 saturated carbocycles. The van der Waals surface area contributed by atoms with Gasteiger partial charge in [-0.1, -0.05) is 0 Å². The molecule has 1 aromatic carbocycles. The lowest BCUT2D eigenvalue weighted by Gasteiger charge is -2.44. The van der Waals surface area contributed by atoms with Crippen molar-refractivity contribution in [2.45, 2.75) is 62.8 Å². The molecular weight excluding hydrogens is 659 g/mol. The molecule has 1 unspecified atom stereocenters. The summed E-state index contributed by atoms with van der Waals surface area (Å²) in [4.78, 5) is 29.3. The van der Waals surface area contributed by atoms with E-state index in [1.54, 1.807) is 15.5 Å². The van der Waals surface area contributed by atoms with Crippen molar-refractivity contribution in [3.8, 4) is 17.0 Å². The molecule has 1 aliphatic heterocycles. The third-order valence-electron chi connectivity index (χ3n) is 8.76. The van der Waals surface area contributed by atoms with E-state index in [2.05, 4.69) is 25.3 Å². The van der Waals surface area contributed by atoms with Gasteiger partial charge in [-0.05, 0) is 49.8 Å². The number of pyridine rings is 1. The Kier molecular flexibility index (Phi) is 9.60. The average Bonchev–Trinajstić information content (AvgIpc) is 3.45. The highest BCUT2D eigenvalue weighted by molar-refractivity contribution is 7.52. The van der Waals surface area contributed by atoms with Crippen molar-refractivity contribution in [3.63, 3.8) is 0 Å². The van der Waals surface area contributed by atoms with Gasteiger partial charge in [-0.25, -0.2) is 32.5 Å². The molecule has 6 rings (SSSR count). The molecule has 18 heteroatoms. The number of aromatic nitrogens is 5. The van der Waals surface area contributed by atoms with E-state index < -0.39 is 43.6 Å². The highest BCUT2D eigenvalue weighted by atomic mass is 31.2. The number of ether oxygens (including phenoxy) is 1. The van der Waals surface area contributed by atoms with Crippen LogP contribution in [-0.4, -0.2) is 85.2 Å². The number of anilines is 2. The lowest BCUT2D eigenvalue weighted by Crippen LogP contribution is -2.63. The number of piperidine rings is 1. The number of alkyl halides is 2. The Hall–Kier alpha value is -3.89. The van der Waals surface area contributed by atoms with E-state index in [1.165, 1.54) is 26.0 Å². The van der Waals surface area contributed by atoms with Gasteiger partial charge in [0.2, 0.25) is 0 Å². The zero-order valence-electron chi connectivity index (χ0n) is 25.9. The molecule has 5 N–H and O–H groups in total. The predicted molar refractivity (Wildman–Crippen MR) is 168 cm³/mol. The van der Waals surface area contributed by atoms with Crippen LogP contribution in [0.4, 0.5) is 29.1 Å². The molecule has 3 aromatic heterocycles. The minimum absolute atomic E-state index is 0.0484. The maximum absolute atomic E-state index is 15.1. The molecule has 48 heavy (non-hydrogen) atoms. The van der Waals surface area contributed by atoms with Crippen molar-refractivity contribution in [3.05, 3.63) is 54.2 Å². The summed E-state index contributed by atoms with van der Waals surface area (Å²) >= 11 is 0. The van der Waals surface area contributed by atoms with Crippen molar-refractivity contribution in [1.82, 2.24) is 24.5 Å². The van der Waals surface area contributed by atoms with Crippen LogP contribution in [0.15, 0.2) is 37.1 Å². The van der Waals surface area contributed by atoms with Gasteiger partial charge in [0.05, 0.1) is 49.2 Å². The first-order valence-corrected chi connectivity index (χ1v) is 17.1. The Morgan fingerprint density at radius 2 is 1.94 bits per heavy atom. The Balaban J connectivity index is 1.35. The summed E-state index contributed by atoms with van der Waals surface area (Å²) < 4.78 is 81.3. The van der Waals surface area contributed by atoms with Crippen molar-refractivity contribution in [2.24, 2.45) is 5.73 Å². The molecule has 4 aromatic rings. The first-order chi connectivity index (χ1) is 22.9. The summed E-state index contributed by atoms with van der Waals surface area (Å²) in [6, 6.07) is 3.43. The van der Waals surface area contributed by atoms with E-state index in [1.807, 2.05) is 0 Å². The number of methoxy groups -OCH3 is 1. The largest absolute Gasteiger partial charge is 0.494 e. The number of rotatable bonds is 12. The summed E-state index contributed by atoms with van der Waals surface area (Å²) in [6.45, 7) is 0.329. The molecule has 13 nitrogen and oxygen atoms in total. The minimum Gasteiger partial charge on any atom is -0.494 e. The summed E-state index contributed by atoms with van der Waals surface area (Å²) in [5, 5.41) is 13.1. The van der Waals surface area contributed by atoms with Gasteiger partial charge in [0, 0.05) is 24.7 Å². The summed E-state index contributed by atoms with van der Waals surface area (Å²) in [7, 11) is -2.74. The first-order valence-electron chi connectivity index (χ1n) is 15.3. The van der Waals surface area contributed by atoms with Crippen LogP contribution in [0.3, 0.4) is 0 Å². The maximum atomic E-state index is 15.1. The molecule has 258 valence electrons. The van der Waals surface area contributed by atoms with E-state index in [0.717, 1.165) is 31.4 Å². The summed E-state index contributed by atoms with van der Waals surface area (Å²) in [5.74, 6) is -1.66. The summed E-state index contributed by atoms with van der Waals surface area (Å²) in [5.41, 5.74) is 6.25. The topological polar surface area (TPSA) is 174 Å². The van der Waals surface area contributed by atoms with Crippen LogP contribution in [0.1, 0.15) is 37.7 Å². The van der Waals surface area contributed by atoms with Crippen molar-refractivity contribution in [1.29, 1.82) is 0 Å². The number of nitrogens with one attached hydrogen (secondary N) is 1. The number of fused-ring (bicyclic) bond motifs is 1. The summed E-state index contributed by atoms with van der Waals surface area (Å²) in [6.07, 6.45) is 1.33. The van der Waals surface area contributed by atoms with Gasteiger partial charge < -0.3 is 39.8 Å². The second-order valence-electron chi connectivity index (χ2n) is 12.1. The number of hydrogen-bond acceptors (Lipinski definition) is 11. The van der Waals surface area contributed by atoms with E-state index in [4.69, 9.17) is 15.0 Å². The Bertz CT molecular complexity index is 1850. The molecule has 1 aliphatic carbocycles. The van der Waals surface area contributed by atoms with Gasteiger partial charge in [0.25, 0.3) is 6.43 Å². The van der Waals surface area contributed by atoms with Crippen molar-refractivity contribution >= 4 is 30.3 Å². The number of nitrogens with zero attached hydrogens (tertiary/aromatic N) is 6. The molecule has 4 heterocycles. The molecule has 3 atom stereocenters. The highest BCUT2D eigenvalue weighted by Gasteiger charge is 2.43. The van der Waals surface area contributed by atoms with Gasteiger partial charge >= 0.3 is 7.60 Å². The van der Waals surface area contributed by atoms with E-state index in [-0.39, 0.29) is 48.4 Å². The molecule has 2 aliphatic rings. The molecular formula is C30H35F4N8O5P. The number of benzene rings is 1. The first kappa shape index (κ1) is 34.0. The average molecular weight is 695 g/mol. The third-order valence-corrected chi connectivity index (χ3v) is 9.95. The molecule has 1 saturated heterocycles. The number of aliphatic hydroxyl groups is 1. The Labute approximate surface area is 272 Å². The Morgan fingerprint density at radius 3 is 2.65 bits per heavy atom. The second-order valence-corrected chi connectivity index (χ2v) is 13.9. The van der Waals surface area contributed by atoms with Gasteiger partial charge in [-0.15, -0.1) is 0 Å². The van der Waals surface area contributed by atoms with Crippen LogP contribution in [-0.2, 0) is 15.6 Å². The van der Waals surface area contributed by atoms with E-state index in [0.29, 0.717) is 35.4 Å². The fourth-order valence-electron chi connectivity index (χ4n) is 5.97. The number of hydrogen-bond donors (Lipinski definition) is 4. The van der Waals surface area contributed by atoms with Crippen LogP contribution >= 0.6 is 7.60 Å². The van der Waals surface area contributed by atoms with Crippen molar-refractivity contribution in [2.75, 3.05) is 36.7 Å². The predicted octanol–water partition coefficient (Wildman–Crippen LogP) is 4.27. The monoisotopic (exact) mass is 694 g/mol. The maximum Gasteiger partial charge on any atom is 0.347 e. The smallest absolute Gasteiger partial charge is 0.347 e. The van der Waals surface area contributed by atoms with Crippen molar-refractivity contribution < 1.29 is 41.4 Å². The minimum atomic E-state index is -3.96. The fourth-order valence-corrected chi connectivity index (χ4v) is 7.07. The quantitative estimate of drug-likeness (QED) is 0.123. The zero-order valence-corrected chi connectivity index (χ0v) is 26.8. The standard InChI is InChI=1S/C30H35F4N8O5P/c1-46-24-10-20(31)19(9-21(24)32)22-8-17(23(11-36-22)41-7-3-6-30(35,13-41)26(43)27(33)34)12-42-15-39-25-28(37-14-38-29(25)42)40-16-48(44,45)47-18-4-2-5-18/h8-11,14-15,18,26-27,43H,2-7,12-13,16,35H2,1H3,(H,44,45)(H,37,38,40)/t26-,30-/m1/s1. The number of aliphatic hydroxyl groups excluding tert-OH is 1. The van der Waals surface area contributed by atoms with Crippen LogP contribution < -0.4 is 20.7 Å². The van der Waals surface area contributed by atoms with E-state index in [9.17, 15) is 27.7 Å². The lowest BCUT2D eigenvalue weighted by molar-refractivity contribution is -0.0529. The second kappa shape index (κ2) is 13.6. The van der Waals surface area contributed by atoms with Gasteiger partial charge in [-0.2, -0.15) is 0 Å². The van der Waals surface area contributed by atoms with Crippen LogP contribution in [0.25, 0.3) is 22.4 Å². The highest BCUT2D eigenvalue weighted by Crippen LogP contribution is 2.46. The van der Waals surface area contributed by atoms with Crippen LogP contribution in [0.2, 0.25) is 0 Å². The number of halogens is 4. The third kappa shape index (κ3) is 6.96. The molecule has 2 fully saturated rings. The normalized spacial score (nSPS) is 20.5. The lowest BCUT2D eigenvalue weighted by atomic mass is 9.84. The zero-order chi connectivity index (χ0) is 34.2. The molecule has 0 radical (unpaired) electrons. The number of nitrogens with two attached hydrogens (primary N) is 1. The fraction of sp³-hybridized carbons (Fsp3) is 0.467. The van der Waals surface area contributed by atoms with Gasteiger partial charge in [0.15, 0.2) is 23.0 Å². The van der Waals surface area contributed by atoms with Gasteiger partial charge in [0.1, 0.15) is 30.1 Å².